The number of hydrogen-bond donors (Lipinski definition) is 1. The number of benzene rings is 1. The zero-order valence-electron chi connectivity index (χ0n) is 15.1. The molecule has 1 atom stereocenters. The van der Waals surface area contributed by atoms with Gasteiger partial charge in [-0.25, -0.2) is 13.1 Å². The van der Waals surface area contributed by atoms with Crippen molar-refractivity contribution in [3.63, 3.8) is 0 Å². The van der Waals surface area contributed by atoms with Gasteiger partial charge >= 0.3 is 0 Å². The van der Waals surface area contributed by atoms with Gasteiger partial charge in [-0.3, -0.25) is 4.68 Å². The topological polar surface area (TPSA) is 67.2 Å². The first kappa shape index (κ1) is 17.9. The van der Waals surface area contributed by atoms with Crippen molar-refractivity contribution in [3.8, 4) is 0 Å². The summed E-state index contributed by atoms with van der Waals surface area (Å²) in [7, 11) is -1.86. The molecule has 3 rings (SSSR count). The van der Waals surface area contributed by atoms with Crippen LogP contribution in [-0.4, -0.2) is 31.3 Å². The Balaban J connectivity index is 1.78. The lowest BCUT2D eigenvalue weighted by molar-refractivity contribution is 0.446. The second-order valence-electron chi connectivity index (χ2n) is 6.90. The molecule has 1 fully saturated rings. The van der Waals surface area contributed by atoms with Gasteiger partial charge in [0.15, 0.2) is 0 Å². The number of piperidine rings is 1. The van der Waals surface area contributed by atoms with Gasteiger partial charge in [-0.2, -0.15) is 5.10 Å². The van der Waals surface area contributed by atoms with Crippen molar-refractivity contribution < 1.29 is 8.42 Å². The maximum atomic E-state index is 12.6. The van der Waals surface area contributed by atoms with Gasteiger partial charge in [-0.05, 0) is 37.3 Å². The number of nitrogens with one attached hydrogen (secondary N) is 1. The average molecular weight is 362 g/mol. The van der Waals surface area contributed by atoms with Crippen LogP contribution in [-0.2, 0) is 23.6 Å². The molecule has 0 amide bonds. The molecule has 1 aromatic heterocycles. The highest BCUT2D eigenvalue weighted by atomic mass is 32.2. The highest BCUT2D eigenvalue weighted by Crippen LogP contribution is 2.26. The molecule has 2 aromatic rings. The van der Waals surface area contributed by atoms with Crippen LogP contribution in [0.3, 0.4) is 0 Å². The Kier molecular flexibility index (Phi) is 5.15. The molecular formula is C18H26N4O2S. The van der Waals surface area contributed by atoms with Gasteiger partial charge in [-0.1, -0.05) is 25.1 Å². The minimum Gasteiger partial charge on any atom is -0.371 e. The van der Waals surface area contributed by atoms with Crippen LogP contribution in [0.1, 0.15) is 31.0 Å². The number of hydrogen-bond acceptors (Lipinski definition) is 4. The van der Waals surface area contributed by atoms with Gasteiger partial charge < -0.3 is 4.90 Å². The fourth-order valence-electron chi connectivity index (χ4n) is 3.47. The third kappa shape index (κ3) is 4.04. The summed E-state index contributed by atoms with van der Waals surface area (Å²) in [6.45, 7) is 6.29. The normalized spacial score (nSPS) is 18.5. The molecule has 7 heteroatoms. The fraction of sp³-hybridized carbons (Fsp3) is 0.500. The van der Waals surface area contributed by atoms with Crippen LogP contribution in [0.2, 0.25) is 0 Å². The summed E-state index contributed by atoms with van der Waals surface area (Å²) in [5.41, 5.74) is 2.63. The largest absolute Gasteiger partial charge is 0.371 e. The van der Waals surface area contributed by atoms with Crippen molar-refractivity contribution >= 4 is 15.7 Å². The Morgan fingerprint density at radius 3 is 2.76 bits per heavy atom. The van der Waals surface area contributed by atoms with Gasteiger partial charge in [0.1, 0.15) is 4.90 Å². The van der Waals surface area contributed by atoms with Gasteiger partial charge in [0, 0.05) is 38.6 Å². The minimum atomic E-state index is -3.58. The van der Waals surface area contributed by atoms with Crippen LogP contribution >= 0.6 is 0 Å². The predicted octanol–water partition coefficient (Wildman–Crippen LogP) is 2.44. The van der Waals surface area contributed by atoms with E-state index >= 15 is 0 Å². The second kappa shape index (κ2) is 7.17. The molecular weight excluding hydrogens is 336 g/mol. The summed E-state index contributed by atoms with van der Waals surface area (Å²) < 4.78 is 29.5. The van der Waals surface area contributed by atoms with Crippen LogP contribution in [0.4, 0.5) is 5.69 Å². The molecule has 136 valence electrons. The lowest BCUT2D eigenvalue weighted by atomic mass is 9.99. The summed E-state index contributed by atoms with van der Waals surface area (Å²) >= 11 is 0. The lowest BCUT2D eigenvalue weighted by Crippen LogP contribution is -2.35. The van der Waals surface area contributed by atoms with E-state index in [1.54, 1.807) is 14.0 Å². The van der Waals surface area contributed by atoms with Crippen LogP contribution in [0.5, 0.6) is 0 Å². The van der Waals surface area contributed by atoms with E-state index in [2.05, 4.69) is 27.7 Å². The average Bonchev–Trinajstić information content (AvgIpc) is 2.93. The van der Waals surface area contributed by atoms with Crippen LogP contribution in [0, 0.1) is 12.8 Å². The van der Waals surface area contributed by atoms with Crippen molar-refractivity contribution in [3.05, 3.63) is 41.7 Å². The van der Waals surface area contributed by atoms with Crippen molar-refractivity contribution in [2.45, 2.75) is 38.1 Å². The predicted molar refractivity (Wildman–Crippen MR) is 99.0 cm³/mol. The molecule has 1 aliphatic rings. The molecule has 2 heterocycles. The Morgan fingerprint density at radius 2 is 2.08 bits per heavy atom. The summed E-state index contributed by atoms with van der Waals surface area (Å²) in [5.74, 6) is 0.663. The van der Waals surface area contributed by atoms with Crippen molar-refractivity contribution in [2.75, 3.05) is 18.0 Å². The van der Waals surface area contributed by atoms with E-state index in [0.29, 0.717) is 11.6 Å². The van der Waals surface area contributed by atoms with Gasteiger partial charge in [0.25, 0.3) is 0 Å². The standard InChI is InChI=1S/C18H26N4O2S/c1-14-7-6-10-22(12-14)17-9-5-4-8-16(17)11-19-25(23,24)18-13-21(3)20-15(18)2/h4-5,8-9,13-14,19H,6-7,10-12H2,1-3H3/t14-/m1/s1. The lowest BCUT2D eigenvalue weighted by Gasteiger charge is -2.34. The molecule has 1 N–H and O–H groups in total. The van der Waals surface area contributed by atoms with E-state index in [1.807, 2.05) is 18.2 Å². The molecule has 1 saturated heterocycles. The van der Waals surface area contributed by atoms with E-state index in [1.165, 1.54) is 23.7 Å². The number of nitrogens with zero attached hydrogens (tertiary/aromatic N) is 3. The van der Waals surface area contributed by atoms with Gasteiger partial charge in [0.05, 0.1) is 5.69 Å². The number of aromatic nitrogens is 2. The first-order chi connectivity index (χ1) is 11.9. The number of para-hydroxylation sites is 1. The van der Waals surface area contributed by atoms with Gasteiger partial charge in [-0.15, -0.1) is 0 Å². The molecule has 0 unspecified atom stereocenters. The number of aryl methyl sites for hydroxylation is 2. The van der Waals surface area contributed by atoms with Crippen LogP contribution < -0.4 is 9.62 Å². The Morgan fingerprint density at radius 1 is 1.32 bits per heavy atom. The molecule has 1 aliphatic heterocycles. The van der Waals surface area contributed by atoms with E-state index in [4.69, 9.17) is 0 Å². The summed E-state index contributed by atoms with van der Waals surface area (Å²) in [4.78, 5) is 2.60. The summed E-state index contributed by atoms with van der Waals surface area (Å²) in [5, 5.41) is 4.12. The number of sulfonamides is 1. The van der Waals surface area contributed by atoms with E-state index in [-0.39, 0.29) is 11.4 Å². The van der Waals surface area contributed by atoms with Crippen LogP contribution in [0.25, 0.3) is 0 Å². The van der Waals surface area contributed by atoms with E-state index < -0.39 is 10.0 Å². The SMILES string of the molecule is Cc1nn(C)cc1S(=O)(=O)NCc1ccccc1N1CCC[C@@H](C)C1. The molecule has 0 spiro atoms. The first-order valence-electron chi connectivity index (χ1n) is 8.69. The molecule has 6 nitrogen and oxygen atoms in total. The molecule has 0 aliphatic carbocycles. The monoisotopic (exact) mass is 362 g/mol. The Hall–Kier alpha value is -1.86. The first-order valence-corrected chi connectivity index (χ1v) is 10.2. The quantitative estimate of drug-likeness (QED) is 0.887. The van der Waals surface area contributed by atoms with Crippen molar-refractivity contribution in [1.29, 1.82) is 0 Å². The highest BCUT2D eigenvalue weighted by molar-refractivity contribution is 7.89. The van der Waals surface area contributed by atoms with E-state index in [9.17, 15) is 8.42 Å². The zero-order valence-corrected chi connectivity index (χ0v) is 15.9. The number of anilines is 1. The Bertz CT molecular complexity index is 845. The maximum Gasteiger partial charge on any atom is 0.244 e. The van der Waals surface area contributed by atoms with Crippen molar-refractivity contribution in [2.24, 2.45) is 13.0 Å². The molecule has 0 saturated carbocycles. The smallest absolute Gasteiger partial charge is 0.244 e. The Labute approximate surface area is 149 Å². The summed E-state index contributed by atoms with van der Waals surface area (Å²) in [6, 6.07) is 8.04. The second-order valence-corrected chi connectivity index (χ2v) is 8.63. The molecule has 0 radical (unpaired) electrons. The molecule has 0 bridgehead atoms. The summed E-state index contributed by atoms with van der Waals surface area (Å²) in [6.07, 6.45) is 3.97. The number of rotatable bonds is 5. The molecule has 25 heavy (non-hydrogen) atoms. The van der Waals surface area contributed by atoms with E-state index in [0.717, 1.165) is 24.3 Å². The third-order valence-electron chi connectivity index (χ3n) is 4.70. The van der Waals surface area contributed by atoms with Crippen LogP contribution in [0.15, 0.2) is 35.4 Å². The molecule has 1 aromatic carbocycles. The minimum absolute atomic E-state index is 0.235. The third-order valence-corrected chi connectivity index (χ3v) is 6.20. The highest BCUT2D eigenvalue weighted by Gasteiger charge is 2.22. The zero-order chi connectivity index (χ0) is 18.0. The maximum absolute atomic E-state index is 12.6. The fourth-order valence-corrected chi connectivity index (χ4v) is 4.69. The van der Waals surface area contributed by atoms with Gasteiger partial charge in [0.2, 0.25) is 10.0 Å². The van der Waals surface area contributed by atoms with Crippen molar-refractivity contribution in [1.82, 2.24) is 14.5 Å².